The van der Waals surface area contributed by atoms with Gasteiger partial charge in [0.1, 0.15) is 5.75 Å². The zero-order chi connectivity index (χ0) is 20.8. The highest BCUT2D eigenvalue weighted by Gasteiger charge is 2.08. The average molecular weight is 397 g/mol. The quantitative estimate of drug-likeness (QED) is 0.634. The number of carbonyl (C=O) groups excluding carboxylic acids is 2. The number of rotatable bonds is 7. The Morgan fingerprint density at radius 3 is 2.55 bits per heavy atom. The molecule has 3 rings (SSSR count). The first kappa shape index (κ1) is 19.9. The van der Waals surface area contributed by atoms with Gasteiger partial charge in [0.05, 0.1) is 11.9 Å². The number of nitrogens with one attached hydrogen (secondary N) is 1. The van der Waals surface area contributed by atoms with E-state index in [1.807, 2.05) is 0 Å². The van der Waals surface area contributed by atoms with Gasteiger partial charge in [-0.25, -0.2) is 13.8 Å². The van der Waals surface area contributed by atoms with Crippen LogP contribution in [0, 0.1) is 11.6 Å². The molecule has 0 saturated heterocycles. The highest BCUT2D eigenvalue weighted by molar-refractivity contribution is 5.93. The maximum Gasteiger partial charge on any atom is 0.248 e. The van der Waals surface area contributed by atoms with Crippen molar-refractivity contribution >= 4 is 17.5 Å². The minimum Gasteiger partial charge on any atom is -0.439 e. The van der Waals surface area contributed by atoms with Crippen LogP contribution in [0.3, 0.4) is 0 Å². The lowest BCUT2D eigenvalue weighted by molar-refractivity contribution is -0.116. The van der Waals surface area contributed by atoms with Crippen LogP contribution >= 0.6 is 0 Å². The highest BCUT2D eigenvalue weighted by atomic mass is 19.2. The zero-order valence-electron chi connectivity index (χ0n) is 15.2. The lowest BCUT2D eigenvalue weighted by Crippen LogP contribution is -2.12. The van der Waals surface area contributed by atoms with Crippen LogP contribution < -0.4 is 15.8 Å². The fourth-order valence-electron chi connectivity index (χ4n) is 2.52. The lowest BCUT2D eigenvalue weighted by atomic mass is 10.1. The van der Waals surface area contributed by atoms with E-state index < -0.39 is 17.5 Å². The van der Waals surface area contributed by atoms with Gasteiger partial charge in [-0.1, -0.05) is 12.1 Å². The number of nitrogens with two attached hydrogens (primary N) is 1. The van der Waals surface area contributed by atoms with E-state index in [1.54, 1.807) is 30.3 Å². The minimum absolute atomic E-state index is 0.100. The Kier molecular flexibility index (Phi) is 6.13. The van der Waals surface area contributed by atoms with Crippen molar-refractivity contribution in [3.05, 3.63) is 83.6 Å². The molecule has 29 heavy (non-hydrogen) atoms. The van der Waals surface area contributed by atoms with Crippen LogP contribution in [0.25, 0.3) is 0 Å². The summed E-state index contributed by atoms with van der Waals surface area (Å²) in [6.07, 6.45) is 1.79. The van der Waals surface area contributed by atoms with Crippen LogP contribution in [0.1, 0.15) is 22.3 Å². The molecule has 3 N–H and O–H groups in total. The number of amides is 2. The zero-order valence-corrected chi connectivity index (χ0v) is 15.2. The number of anilines is 1. The molecule has 0 aliphatic rings. The number of hydrogen-bond acceptors (Lipinski definition) is 4. The van der Waals surface area contributed by atoms with Crippen molar-refractivity contribution in [2.75, 3.05) is 5.32 Å². The fourth-order valence-corrected chi connectivity index (χ4v) is 2.52. The molecule has 0 spiro atoms. The second-order valence-electron chi connectivity index (χ2n) is 6.18. The smallest absolute Gasteiger partial charge is 0.248 e. The first-order chi connectivity index (χ1) is 13.9. The largest absolute Gasteiger partial charge is 0.439 e. The molecule has 0 aliphatic carbocycles. The summed E-state index contributed by atoms with van der Waals surface area (Å²) in [6, 6.07) is 13.1. The first-order valence-electron chi connectivity index (χ1n) is 8.68. The first-order valence-corrected chi connectivity index (χ1v) is 8.68. The molecule has 1 aromatic heterocycles. The number of ether oxygens (including phenoxy) is 1. The van der Waals surface area contributed by atoms with Crippen molar-refractivity contribution in [2.45, 2.75) is 12.8 Å². The number of nitrogens with zero attached hydrogens (tertiary/aromatic N) is 1. The van der Waals surface area contributed by atoms with E-state index in [4.69, 9.17) is 10.5 Å². The monoisotopic (exact) mass is 397 g/mol. The number of hydrogen-bond donors (Lipinski definition) is 2. The summed E-state index contributed by atoms with van der Waals surface area (Å²) >= 11 is 0. The third-order valence-corrected chi connectivity index (χ3v) is 3.99. The number of primary amides is 1. The van der Waals surface area contributed by atoms with E-state index in [1.165, 1.54) is 18.3 Å². The average Bonchev–Trinajstić information content (AvgIpc) is 2.70. The molecule has 0 saturated carbocycles. The number of carbonyl (C=O) groups is 2. The van der Waals surface area contributed by atoms with E-state index >= 15 is 0 Å². The molecule has 8 heteroatoms. The molecule has 2 aromatic carbocycles. The van der Waals surface area contributed by atoms with Crippen molar-refractivity contribution < 1.29 is 23.1 Å². The van der Waals surface area contributed by atoms with Crippen molar-refractivity contribution in [3.63, 3.8) is 0 Å². The Bertz CT molecular complexity index is 1040. The van der Waals surface area contributed by atoms with E-state index in [9.17, 15) is 18.4 Å². The SMILES string of the molecule is NC(=O)c1cccc(Oc2ccc(NC(=O)CCc3ccc(F)c(F)c3)cn2)c1. The molecular weight excluding hydrogens is 380 g/mol. The van der Waals surface area contributed by atoms with E-state index in [0.29, 0.717) is 22.6 Å². The second-order valence-corrected chi connectivity index (χ2v) is 6.18. The van der Waals surface area contributed by atoms with Gasteiger partial charge in [0, 0.05) is 18.1 Å². The van der Waals surface area contributed by atoms with Gasteiger partial charge >= 0.3 is 0 Å². The summed E-state index contributed by atoms with van der Waals surface area (Å²) in [5, 5.41) is 2.67. The third kappa shape index (κ3) is 5.58. The van der Waals surface area contributed by atoms with Crippen molar-refractivity contribution in [1.82, 2.24) is 4.98 Å². The van der Waals surface area contributed by atoms with E-state index in [-0.39, 0.29) is 24.6 Å². The molecule has 0 fully saturated rings. The van der Waals surface area contributed by atoms with Crippen molar-refractivity contribution in [2.24, 2.45) is 5.73 Å². The molecule has 0 unspecified atom stereocenters. The fraction of sp³-hybridized carbons (Fsp3) is 0.0952. The Hall–Kier alpha value is -3.81. The standard InChI is InChI=1S/C21H17F2N3O3/c22-17-7-4-13(10-18(17)23)5-8-19(27)26-15-6-9-20(25-12-15)29-16-3-1-2-14(11-16)21(24)28/h1-4,6-7,9-12H,5,8H2,(H2,24,28)(H,26,27). The van der Waals surface area contributed by atoms with Crippen LogP contribution in [-0.2, 0) is 11.2 Å². The van der Waals surface area contributed by atoms with Crippen LogP contribution in [-0.4, -0.2) is 16.8 Å². The Balaban J connectivity index is 1.54. The maximum absolute atomic E-state index is 13.2. The van der Waals surface area contributed by atoms with Gasteiger partial charge in [0.15, 0.2) is 11.6 Å². The number of halogens is 2. The summed E-state index contributed by atoms with van der Waals surface area (Å²) in [4.78, 5) is 27.3. The van der Waals surface area contributed by atoms with Gasteiger partial charge in [-0.05, 0) is 48.4 Å². The van der Waals surface area contributed by atoms with Crippen molar-refractivity contribution in [1.29, 1.82) is 0 Å². The third-order valence-electron chi connectivity index (χ3n) is 3.99. The molecule has 148 valence electrons. The predicted octanol–water partition coefficient (Wildman–Crippen LogP) is 3.82. The van der Waals surface area contributed by atoms with Crippen LogP contribution in [0.4, 0.5) is 14.5 Å². The molecule has 1 heterocycles. The molecule has 0 atom stereocenters. The molecule has 0 bridgehead atoms. The normalized spacial score (nSPS) is 10.4. The van der Waals surface area contributed by atoms with Gasteiger partial charge in [-0.2, -0.15) is 0 Å². The van der Waals surface area contributed by atoms with Gasteiger partial charge in [-0.3, -0.25) is 9.59 Å². The number of aryl methyl sites for hydroxylation is 1. The Morgan fingerprint density at radius 1 is 1.03 bits per heavy atom. The topological polar surface area (TPSA) is 94.3 Å². The van der Waals surface area contributed by atoms with E-state index in [0.717, 1.165) is 12.1 Å². The summed E-state index contributed by atoms with van der Waals surface area (Å²) in [5.41, 5.74) is 6.53. The number of pyridine rings is 1. The van der Waals surface area contributed by atoms with Crippen molar-refractivity contribution in [3.8, 4) is 11.6 Å². The predicted molar refractivity (Wildman–Crippen MR) is 103 cm³/mol. The van der Waals surface area contributed by atoms with Crippen LogP contribution in [0.15, 0.2) is 60.8 Å². The second kappa shape index (κ2) is 8.92. The number of aromatic nitrogens is 1. The Morgan fingerprint density at radius 2 is 1.86 bits per heavy atom. The molecular formula is C21H17F2N3O3. The van der Waals surface area contributed by atoms with Crippen LogP contribution in [0.5, 0.6) is 11.6 Å². The molecule has 3 aromatic rings. The summed E-state index contributed by atoms with van der Waals surface area (Å²) in [6.45, 7) is 0. The molecule has 0 aliphatic heterocycles. The minimum atomic E-state index is -0.941. The maximum atomic E-state index is 13.2. The summed E-state index contributed by atoms with van der Waals surface area (Å²) < 4.78 is 31.7. The van der Waals surface area contributed by atoms with Gasteiger partial charge in [0.2, 0.25) is 17.7 Å². The van der Waals surface area contributed by atoms with Gasteiger partial charge < -0.3 is 15.8 Å². The lowest BCUT2D eigenvalue weighted by Gasteiger charge is -2.08. The Labute approximate surface area is 165 Å². The molecule has 2 amide bonds. The van der Waals surface area contributed by atoms with E-state index in [2.05, 4.69) is 10.3 Å². The van der Waals surface area contributed by atoms with Gasteiger partial charge in [0.25, 0.3) is 0 Å². The summed E-state index contributed by atoms with van der Waals surface area (Å²) in [5.74, 6) is -2.05. The molecule has 0 radical (unpaired) electrons. The summed E-state index contributed by atoms with van der Waals surface area (Å²) in [7, 11) is 0. The number of benzene rings is 2. The van der Waals surface area contributed by atoms with Crippen LogP contribution in [0.2, 0.25) is 0 Å². The molecule has 6 nitrogen and oxygen atoms in total. The van der Waals surface area contributed by atoms with Gasteiger partial charge in [-0.15, -0.1) is 0 Å². The highest BCUT2D eigenvalue weighted by Crippen LogP contribution is 2.21.